The first-order valence-electron chi connectivity index (χ1n) is 9.79. The molecule has 0 fully saturated rings. The minimum absolute atomic E-state index is 0.168. The Morgan fingerprint density at radius 2 is 1.07 bits per heavy atom. The molecular weight excluding hydrogens is 366 g/mol. The van der Waals surface area contributed by atoms with E-state index in [0.29, 0.717) is 5.84 Å². The third-order valence-electron chi connectivity index (χ3n) is 5.42. The minimum Gasteiger partial charge on any atom is -0.282 e. The number of rotatable bonds is 2. The average Bonchev–Trinajstić information content (AvgIpc) is 2.83. The van der Waals surface area contributed by atoms with Gasteiger partial charge in [0.15, 0.2) is 11.7 Å². The summed E-state index contributed by atoms with van der Waals surface area (Å²) in [5.41, 5.74) is 1.59. The lowest BCUT2D eigenvalue weighted by molar-refractivity contribution is 1.40. The molecule has 5 rings (SSSR count). The molecule has 0 unspecified atom stereocenters. The molecule has 0 amide bonds. The normalized spacial score (nSPS) is 11.8. The Morgan fingerprint density at radius 1 is 0.567 bits per heavy atom. The molecule has 0 atom stereocenters. The first-order chi connectivity index (χ1) is 14.8. The highest BCUT2D eigenvalue weighted by Gasteiger charge is 2.11. The monoisotopic (exact) mass is 385 g/mol. The number of nitrogens with one attached hydrogen (secondary N) is 1. The topological polar surface area (TPSA) is 48.6 Å². The van der Waals surface area contributed by atoms with Gasteiger partial charge < -0.3 is 0 Å². The number of aliphatic imine (C=N–C) groups is 2. The van der Waals surface area contributed by atoms with Gasteiger partial charge in [-0.1, -0.05) is 91.0 Å². The maximum atomic E-state index is 8.34. The molecule has 142 valence electrons. The highest BCUT2D eigenvalue weighted by atomic mass is 14.9. The van der Waals surface area contributed by atoms with Crippen LogP contribution in [0.5, 0.6) is 0 Å². The van der Waals surface area contributed by atoms with Crippen LogP contribution in [0.2, 0.25) is 0 Å². The van der Waals surface area contributed by atoms with Gasteiger partial charge in [-0.3, -0.25) is 5.41 Å². The molecule has 5 aromatic rings. The first kappa shape index (κ1) is 18.0. The van der Waals surface area contributed by atoms with Crippen LogP contribution in [0.15, 0.2) is 107 Å². The SMILES string of the molecule is C=NC(=NC(=N)c1ccccc1)c1ccc2c3ccccc3c3ccccc3c2c1. The Labute approximate surface area is 174 Å². The van der Waals surface area contributed by atoms with E-state index in [0.717, 1.165) is 16.5 Å². The van der Waals surface area contributed by atoms with Crippen molar-refractivity contribution in [3.63, 3.8) is 0 Å². The summed E-state index contributed by atoms with van der Waals surface area (Å²) in [5.74, 6) is 0.615. The molecule has 0 aliphatic heterocycles. The van der Waals surface area contributed by atoms with Crippen LogP contribution in [-0.4, -0.2) is 18.4 Å². The zero-order valence-electron chi connectivity index (χ0n) is 16.3. The van der Waals surface area contributed by atoms with Gasteiger partial charge in [-0.25, -0.2) is 9.98 Å². The van der Waals surface area contributed by atoms with Crippen LogP contribution in [0, 0.1) is 5.41 Å². The van der Waals surface area contributed by atoms with Gasteiger partial charge >= 0.3 is 0 Å². The maximum absolute atomic E-state index is 8.34. The van der Waals surface area contributed by atoms with Crippen molar-refractivity contribution in [1.29, 1.82) is 5.41 Å². The van der Waals surface area contributed by atoms with Gasteiger partial charge in [0, 0.05) is 11.1 Å². The van der Waals surface area contributed by atoms with Gasteiger partial charge in [-0.2, -0.15) is 0 Å². The van der Waals surface area contributed by atoms with Crippen LogP contribution in [0.3, 0.4) is 0 Å². The first-order valence-corrected chi connectivity index (χ1v) is 9.79. The number of nitrogens with zero attached hydrogens (tertiary/aromatic N) is 2. The van der Waals surface area contributed by atoms with Gasteiger partial charge in [0.2, 0.25) is 0 Å². The highest BCUT2D eigenvalue weighted by Crippen LogP contribution is 2.35. The second-order valence-electron chi connectivity index (χ2n) is 7.16. The summed E-state index contributed by atoms with van der Waals surface area (Å²) < 4.78 is 0. The minimum atomic E-state index is 0.168. The van der Waals surface area contributed by atoms with Gasteiger partial charge in [-0.05, 0) is 45.1 Å². The molecule has 0 bridgehead atoms. The standard InChI is InChI=1S/C27H19N3/c1-29-27(30-26(28)18-9-3-2-4-10-18)19-15-16-24-22-13-6-5-11-20(22)21-12-7-8-14-23(21)25(24)17-19/h2-17,28H,1H2. The third kappa shape index (κ3) is 2.97. The second kappa shape index (κ2) is 7.37. The van der Waals surface area contributed by atoms with Crippen LogP contribution in [0.25, 0.3) is 32.3 Å². The van der Waals surface area contributed by atoms with Gasteiger partial charge in [0.05, 0.1) is 0 Å². The number of amidine groups is 2. The van der Waals surface area contributed by atoms with Crippen molar-refractivity contribution in [3.05, 3.63) is 108 Å². The largest absolute Gasteiger partial charge is 0.282 e. The molecule has 5 aromatic carbocycles. The zero-order chi connectivity index (χ0) is 20.5. The fourth-order valence-electron chi connectivity index (χ4n) is 4.00. The van der Waals surface area contributed by atoms with Crippen molar-refractivity contribution in [2.45, 2.75) is 0 Å². The molecule has 30 heavy (non-hydrogen) atoms. The molecule has 3 heteroatoms. The summed E-state index contributed by atoms with van der Waals surface area (Å²) in [6.07, 6.45) is 0. The maximum Gasteiger partial charge on any atom is 0.161 e. The zero-order valence-corrected chi connectivity index (χ0v) is 16.3. The summed E-state index contributed by atoms with van der Waals surface area (Å²) in [6, 6.07) is 32.6. The van der Waals surface area contributed by atoms with Crippen LogP contribution in [0.4, 0.5) is 0 Å². The smallest absolute Gasteiger partial charge is 0.161 e. The molecule has 0 aliphatic rings. The van der Waals surface area contributed by atoms with Gasteiger partial charge in [-0.15, -0.1) is 0 Å². The van der Waals surface area contributed by atoms with Crippen molar-refractivity contribution >= 4 is 50.7 Å². The molecular formula is C27H19N3. The number of benzene rings is 5. The van der Waals surface area contributed by atoms with Gasteiger partial charge in [0.25, 0.3) is 0 Å². The van der Waals surface area contributed by atoms with E-state index in [-0.39, 0.29) is 5.84 Å². The molecule has 1 N–H and O–H groups in total. The number of fused-ring (bicyclic) bond motifs is 6. The number of hydrogen-bond donors (Lipinski definition) is 1. The fraction of sp³-hybridized carbons (Fsp3) is 0. The summed E-state index contributed by atoms with van der Waals surface area (Å²) in [7, 11) is 0. The van der Waals surface area contributed by atoms with E-state index in [9.17, 15) is 0 Å². The Morgan fingerprint density at radius 3 is 1.63 bits per heavy atom. The molecule has 0 radical (unpaired) electrons. The highest BCUT2D eigenvalue weighted by molar-refractivity contribution is 6.26. The molecule has 0 heterocycles. The van der Waals surface area contributed by atoms with E-state index in [1.807, 2.05) is 36.4 Å². The summed E-state index contributed by atoms with van der Waals surface area (Å²) in [6.45, 7) is 3.70. The van der Waals surface area contributed by atoms with E-state index in [2.05, 4.69) is 77.4 Å². The van der Waals surface area contributed by atoms with Crippen molar-refractivity contribution in [1.82, 2.24) is 0 Å². The van der Waals surface area contributed by atoms with Crippen molar-refractivity contribution in [2.75, 3.05) is 0 Å². The second-order valence-corrected chi connectivity index (χ2v) is 7.16. The molecule has 0 aliphatic carbocycles. The van der Waals surface area contributed by atoms with Crippen LogP contribution < -0.4 is 0 Å². The molecule has 0 aromatic heterocycles. The quantitative estimate of drug-likeness (QED) is 0.202. The van der Waals surface area contributed by atoms with E-state index >= 15 is 0 Å². The molecule has 0 spiro atoms. The lowest BCUT2D eigenvalue weighted by Crippen LogP contribution is -2.03. The van der Waals surface area contributed by atoms with Crippen LogP contribution in [-0.2, 0) is 0 Å². The lowest BCUT2D eigenvalue weighted by atomic mass is 9.93. The summed E-state index contributed by atoms with van der Waals surface area (Å²) in [4.78, 5) is 8.59. The van der Waals surface area contributed by atoms with Crippen LogP contribution >= 0.6 is 0 Å². The van der Waals surface area contributed by atoms with Crippen LogP contribution in [0.1, 0.15) is 11.1 Å². The van der Waals surface area contributed by atoms with E-state index in [1.54, 1.807) is 0 Å². The summed E-state index contributed by atoms with van der Waals surface area (Å²) >= 11 is 0. The predicted molar refractivity (Wildman–Crippen MR) is 128 cm³/mol. The molecule has 0 saturated heterocycles. The Bertz CT molecular complexity index is 1430. The Balaban J connectivity index is 1.74. The summed E-state index contributed by atoms with van der Waals surface area (Å²) in [5, 5.41) is 15.6. The van der Waals surface area contributed by atoms with E-state index in [1.165, 1.54) is 26.9 Å². The van der Waals surface area contributed by atoms with E-state index in [4.69, 9.17) is 5.41 Å². The fourth-order valence-corrected chi connectivity index (χ4v) is 4.00. The Hall–Kier alpha value is -4.11. The predicted octanol–water partition coefficient (Wildman–Crippen LogP) is 6.62. The Kier molecular flexibility index (Phi) is 4.41. The van der Waals surface area contributed by atoms with E-state index < -0.39 is 0 Å². The average molecular weight is 385 g/mol. The lowest BCUT2D eigenvalue weighted by Gasteiger charge is -2.11. The molecule has 3 nitrogen and oxygen atoms in total. The third-order valence-corrected chi connectivity index (χ3v) is 5.42. The number of hydrogen-bond acceptors (Lipinski definition) is 1. The van der Waals surface area contributed by atoms with Crippen molar-refractivity contribution in [2.24, 2.45) is 9.98 Å². The van der Waals surface area contributed by atoms with Crippen molar-refractivity contribution < 1.29 is 0 Å². The van der Waals surface area contributed by atoms with Crippen molar-refractivity contribution in [3.8, 4) is 0 Å². The molecule has 0 saturated carbocycles. The van der Waals surface area contributed by atoms with Gasteiger partial charge in [0.1, 0.15) is 0 Å².